The molecule has 3 heterocycles. The number of fused-ring (bicyclic) bond motifs is 1. The van der Waals surface area contributed by atoms with Crippen LogP contribution in [-0.2, 0) is 6.54 Å². The molecule has 0 saturated heterocycles. The number of hydrogen-bond donors (Lipinski definition) is 0. The van der Waals surface area contributed by atoms with Gasteiger partial charge in [-0.15, -0.1) is 15.3 Å². The molecule has 120 valence electrons. The summed E-state index contributed by atoms with van der Waals surface area (Å²) in [5, 5.41) is 12.2. The van der Waals surface area contributed by atoms with Gasteiger partial charge in [0.25, 0.3) is 0 Å². The number of benzene rings is 1. The molecular weight excluding hydrogens is 310 g/mol. The highest BCUT2D eigenvalue weighted by molar-refractivity contribution is 5.53. The van der Waals surface area contributed by atoms with Crippen molar-refractivity contribution in [2.24, 2.45) is 0 Å². The molecule has 0 N–H and O–H groups in total. The van der Waals surface area contributed by atoms with Crippen LogP contribution in [0.15, 0.2) is 57.9 Å². The summed E-state index contributed by atoms with van der Waals surface area (Å²) in [6.45, 7) is 0.115. The van der Waals surface area contributed by atoms with Crippen molar-refractivity contribution < 1.29 is 9.15 Å². The van der Waals surface area contributed by atoms with Crippen LogP contribution < -0.4 is 10.4 Å². The van der Waals surface area contributed by atoms with Crippen LogP contribution in [0.2, 0.25) is 0 Å². The molecular formula is C16H13N5O3. The molecule has 0 fully saturated rings. The number of pyridine rings is 1. The summed E-state index contributed by atoms with van der Waals surface area (Å²) in [5.74, 6) is 1.44. The Bertz CT molecular complexity index is 1050. The number of rotatable bonds is 4. The van der Waals surface area contributed by atoms with Gasteiger partial charge in [-0.3, -0.25) is 4.40 Å². The minimum atomic E-state index is -0.255. The Morgan fingerprint density at radius 1 is 1.12 bits per heavy atom. The van der Waals surface area contributed by atoms with E-state index in [1.807, 2.05) is 30.3 Å². The predicted molar refractivity (Wildman–Crippen MR) is 84.8 cm³/mol. The summed E-state index contributed by atoms with van der Waals surface area (Å²) >= 11 is 0. The first kappa shape index (κ1) is 14.2. The Kier molecular flexibility index (Phi) is 3.34. The maximum Gasteiger partial charge on any atom is 0.350 e. The Morgan fingerprint density at radius 2 is 1.96 bits per heavy atom. The van der Waals surface area contributed by atoms with E-state index in [0.29, 0.717) is 17.4 Å². The molecule has 0 bridgehead atoms. The maximum atomic E-state index is 12.2. The highest BCUT2D eigenvalue weighted by Gasteiger charge is 2.12. The molecule has 1 aromatic carbocycles. The number of ether oxygens (including phenoxy) is 1. The van der Waals surface area contributed by atoms with Crippen LogP contribution >= 0.6 is 0 Å². The summed E-state index contributed by atoms with van der Waals surface area (Å²) in [5.41, 5.74) is 1.09. The first-order valence-corrected chi connectivity index (χ1v) is 7.25. The third-order valence-corrected chi connectivity index (χ3v) is 3.58. The molecule has 4 aromatic rings. The third kappa shape index (κ3) is 2.43. The van der Waals surface area contributed by atoms with E-state index in [9.17, 15) is 4.79 Å². The van der Waals surface area contributed by atoms with Gasteiger partial charge >= 0.3 is 5.69 Å². The molecule has 8 nitrogen and oxygen atoms in total. The van der Waals surface area contributed by atoms with Crippen LogP contribution in [0.5, 0.6) is 5.75 Å². The van der Waals surface area contributed by atoms with E-state index < -0.39 is 0 Å². The number of hydrogen-bond acceptors (Lipinski definition) is 6. The molecule has 0 saturated carbocycles. The van der Waals surface area contributed by atoms with Gasteiger partial charge in [0, 0.05) is 11.8 Å². The van der Waals surface area contributed by atoms with Gasteiger partial charge in [0.1, 0.15) is 12.3 Å². The van der Waals surface area contributed by atoms with E-state index in [0.717, 1.165) is 11.3 Å². The van der Waals surface area contributed by atoms with Gasteiger partial charge in [-0.2, -0.15) is 0 Å². The van der Waals surface area contributed by atoms with Crippen LogP contribution in [0, 0.1) is 0 Å². The molecule has 0 atom stereocenters. The summed E-state index contributed by atoms with van der Waals surface area (Å²) < 4.78 is 13.5. The Labute approximate surface area is 135 Å². The van der Waals surface area contributed by atoms with Crippen LogP contribution in [0.3, 0.4) is 0 Å². The van der Waals surface area contributed by atoms with E-state index in [2.05, 4.69) is 15.3 Å². The summed E-state index contributed by atoms with van der Waals surface area (Å²) in [4.78, 5) is 12.2. The van der Waals surface area contributed by atoms with Gasteiger partial charge in [0.05, 0.1) is 7.11 Å². The van der Waals surface area contributed by atoms with Gasteiger partial charge in [-0.25, -0.2) is 9.48 Å². The van der Waals surface area contributed by atoms with Gasteiger partial charge in [0.15, 0.2) is 5.65 Å². The van der Waals surface area contributed by atoms with E-state index >= 15 is 0 Å². The molecule has 0 spiro atoms. The molecule has 8 heteroatoms. The van der Waals surface area contributed by atoms with Crippen LogP contribution in [-0.4, -0.2) is 31.5 Å². The number of aromatic nitrogens is 5. The largest absolute Gasteiger partial charge is 0.497 e. The average molecular weight is 323 g/mol. The van der Waals surface area contributed by atoms with Crippen LogP contribution in [0.25, 0.3) is 17.1 Å². The Morgan fingerprint density at radius 3 is 2.71 bits per heavy atom. The van der Waals surface area contributed by atoms with E-state index in [-0.39, 0.29) is 12.2 Å². The molecule has 0 amide bonds. The molecule has 0 aliphatic carbocycles. The maximum absolute atomic E-state index is 12.2. The second-order valence-electron chi connectivity index (χ2n) is 5.10. The van der Waals surface area contributed by atoms with Gasteiger partial charge < -0.3 is 9.15 Å². The predicted octanol–water partition coefficient (Wildman–Crippen LogP) is 1.60. The van der Waals surface area contributed by atoms with Crippen LogP contribution in [0.4, 0.5) is 0 Å². The minimum Gasteiger partial charge on any atom is -0.497 e. The molecule has 3 aromatic heterocycles. The normalized spacial score (nSPS) is 11.0. The van der Waals surface area contributed by atoms with Gasteiger partial charge in [-0.1, -0.05) is 6.07 Å². The van der Waals surface area contributed by atoms with E-state index in [1.165, 1.54) is 9.08 Å². The van der Waals surface area contributed by atoms with E-state index in [1.54, 1.807) is 25.4 Å². The molecule has 0 radical (unpaired) electrons. The highest BCUT2D eigenvalue weighted by Crippen LogP contribution is 2.21. The van der Waals surface area contributed by atoms with Gasteiger partial charge in [0.2, 0.25) is 11.8 Å². The lowest BCUT2D eigenvalue weighted by Gasteiger charge is -1.99. The standard InChI is InChI=1S/C16H13N5O3/c1-23-12-7-5-11(6-8-12)15-18-17-14(24-15)10-21-16(22)20-9-3-2-4-13(20)19-21/h2-9H,10H2,1H3. The minimum absolute atomic E-state index is 0.115. The third-order valence-electron chi connectivity index (χ3n) is 3.58. The SMILES string of the molecule is COc1ccc(-c2nnc(Cn3nc4ccccn4c3=O)o2)cc1. The number of nitrogens with zero attached hydrogens (tertiary/aromatic N) is 5. The van der Waals surface area contributed by atoms with E-state index in [4.69, 9.17) is 9.15 Å². The first-order valence-electron chi connectivity index (χ1n) is 7.25. The smallest absolute Gasteiger partial charge is 0.350 e. The van der Waals surface area contributed by atoms with Crippen molar-refractivity contribution >= 4 is 5.65 Å². The second-order valence-corrected chi connectivity index (χ2v) is 5.10. The molecule has 24 heavy (non-hydrogen) atoms. The fourth-order valence-corrected chi connectivity index (χ4v) is 2.37. The fraction of sp³-hybridized carbons (Fsp3) is 0.125. The molecule has 0 aliphatic heterocycles. The average Bonchev–Trinajstić information content (AvgIpc) is 3.21. The van der Waals surface area contributed by atoms with Crippen molar-refractivity contribution in [3.8, 4) is 17.2 Å². The highest BCUT2D eigenvalue weighted by atomic mass is 16.5. The summed E-state index contributed by atoms with van der Waals surface area (Å²) in [6.07, 6.45) is 1.66. The summed E-state index contributed by atoms with van der Waals surface area (Å²) in [6, 6.07) is 12.6. The monoisotopic (exact) mass is 323 g/mol. The fourth-order valence-electron chi connectivity index (χ4n) is 2.37. The van der Waals surface area contributed by atoms with Crippen molar-refractivity contribution in [1.29, 1.82) is 0 Å². The zero-order valence-electron chi connectivity index (χ0n) is 12.8. The van der Waals surface area contributed by atoms with Crippen LogP contribution in [0.1, 0.15) is 5.89 Å². The molecule has 4 rings (SSSR count). The lowest BCUT2D eigenvalue weighted by Crippen LogP contribution is -2.21. The Balaban J connectivity index is 1.62. The van der Waals surface area contributed by atoms with Crippen molar-refractivity contribution in [3.05, 3.63) is 65.0 Å². The Hall–Kier alpha value is -3.42. The van der Waals surface area contributed by atoms with Crippen molar-refractivity contribution in [1.82, 2.24) is 24.4 Å². The quantitative estimate of drug-likeness (QED) is 0.567. The van der Waals surface area contributed by atoms with Crippen molar-refractivity contribution in [2.75, 3.05) is 7.11 Å². The van der Waals surface area contributed by atoms with Crippen molar-refractivity contribution in [3.63, 3.8) is 0 Å². The topological polar surface area (TPSA) is 87.5 Å². The molecule has 0 aliphatic rings. The lowest BCUT2D eigenvalue weighted by molar-refractivity contribution is 0.415. The zero-order chi connectivity index (χ0) is 16.5. The first-order chi connectivity index (χ1) is 11.7. The molecule has 0 unspecified atom stereocenters. The summed E-state index contributed by atoms with van der Waals surface area (Å²) in [7, 11) is 1.60. The second kappa shape index (κ2) is 5.65. The lowest BCUT2D eigenvalue weighted by atomic mass is 10.2. The van der Waals surface area contributed by atoms with Gasteiger partial charge in [-0.05, 0) is 36.4 Å². The van der Waals surface area contributed by atoms with Crippen molar-refractivity contribution in [2.45, 2.75) is 6.54 Å². The number of methoxy groups -OCH3 is 1. The zero-order valence-corrected chi connectivity index (χ0v) is 12.8.